The van der Waals surface area contributed by atoms with E-state index in [9.17, 15) is 4.39 Å². The van der Waals surface area contributed by atoms with Crippen molar-refractivity contribution >= 4 is 5.69 Å². The number of rotatable bonds is 9. The van der Waals surface area contributed by atoms with Gasteiger partial charge in [0.15, 0.2) is 0 Å². The highest BCUT2D eigenvalue weighted by Gasteiger charge is 2.11. The highest BCUT2D eigenvalue weighted by Crippen LogP contribution is 2.22. The Morgan fingerprint density at radius 3 is 2.63 bits per heavy atom. The number of anilines is 1. The van der Waals surface area contributed by atoms with Crippen LogP contribution in [0, 0.1) is 5.82 Å². The van der Waals surface area contributed by atoms with Gasteiger partial charge >= 0.3 is 0 Å². The molecule has 1 aromatic carbocycles. The third kappa shape index (κ3) is 5.14. The lowest BCUT2D eigenvalue weighted by Crippen LogP contribution is -2.26. The Morgan fingerprint density at radius 2 is 1.95 bits per heavy atom. The lowest BCUT2D eigenvalue weighted by atomic mass is 10.1. The van der Waals surface area contributed by atoms with Gasteiger partial charge in [-0.2, -0.15) is 0 Å². The number of likely N-dealkylation sites (N-methyl/N-ethyl adjacent to an activating group) is 1. The molecule has 0 spiro atoms. The molecule has 0 aliphatic heterocycles. The van der Waals surface area contributed by atoms with Gasteiger partial charge in [0.2, 0.25) is 0 Å². The Kier molecular flexibility index (Phi) is 7.40. The van der Waals surface area contributed by atoms with E-state index >= 15 is 0 Å². The molecule has 5 heteroatoms. The second-order valence-electron chi connectivity index (χ2n) is 4.32. The minimum atomic E-state index is -0.188. The van der Waals surface area contributed by atoms with Crippen molar-refractivity contribution in [2.45, 2.75) is 6.54 Å². The van der Waals surface area contributed by atoms with E-state index in [4.69, 9.17) is 9.47 Å². The van der Waals surface area contributed by atoms with Crippen molar-refractivity contribution in [3.8, 4) is 0 Å². The van der Waals surface area contributed by atoms with Crippen molar-refractivity contribution in [1.82, 2.24) is 5.32 Å². The third-order valence-electron chi connectivity index (χ3n) is 2.92. The quantitative estimate of drug-likeness (QED) is 0.692. The first-order valence-electron chi connectivity index (χ1n) is 6.37. The molecule has 0 aliphatic rings. The molecule has 0 amide bonds. The molecule has 108 valence electrons. The molecule has 0 heterocycles. The number of benzene rings is 1. The van der Waals surface area contributed by atoms with Crippen molar-refractivity contribution in [3.63, 3.8) is 0 Å². The molecular weight excluding hydrogens is 247 g/mol. The minimum Gasteiger partial charge on any atom is -0.383 e. The molecule has 0 fully saturated rings. The van der Waals surface area contributed by atoms with Gasteiger partial charge in [0.1, 0.15) is 5.82 Å². The van der Waals surface area contributed by atoms with Gasteiger partial charge in [-0.25, -0.2) is 4.39 Å². The van der Waals surface area contributed by atoms with E-state index in [1.807, 2.05) is 18.0 Å². The third-order valence-corrected chi connectivity index (χ3v) is 2.92. The molecule has 1 N–H and O–H groups in total. The topological polar surface area (TPSA) is 33.7 Å². The second kappa shape index (κ2) is 8.85. The zero-order chi connectivity index (χ0) is 14.1. The van der Waals surface area contributed by atoms with Crippen LogP contribution in [0.5, 0.6) is 0 Å². The van der Waals surface area contributed by atoms with Crippen LogP contribution in [-0.2, 0) is 16.0 Å². The van der Waals surface area contributed by atoms with E-state index in [0.29, 0.717) is 31.9 Å². The van der Waals surface area contributed by atoms with Gasteiger partial charge in [0.25, 0.3) is 0 Å². The summed E-state index contributed by atoms with van der Waals surface area (Å²) in [6.07, 6.45) is 0. The van der Waals surface area contributed by atoms with Gasteiger partial charge in [-0.05, 0) is 12.1 Å². The fourth-order valence-electron chi connectivity index (χ4n) is 1.82. The van der Waals surface area contributed by atoms with Gasteiger partial charge in [-0.1, -0.05) is 6.07 Å². The van der Waals surface area contributed by atoms with Crippen LogP contribution in [0.4, 0.5) is 10.1 Å². The Labute approximate surface area is 114 Å². The lowest BCUT2D eigenvalue weighted by molar-refractivity contribution is 0.199. The van der Waals surface area contributed by atoms with Crippen molar-refractivity contribution < 1.29 is 13.9 Å². The molecular formula is C14H23FN2O2. The lowest BCUT2D eigenvalue weighted by Gasteiger charge is -2.22. The minimum absolute atomic E-state index is 0.188. The summed E-state index contributed by atoms with van der Waals surface area (Å²) in [6, 6.07) is 5.14. The second-order valence-corrected chi connectivity index (χ2v) is 4.32. The number of hydrogen-bond donors (Lipinski definition) is 1. The van der Waals surface area contributed by atoms with E-state index in [1.165, 1.54) is 6.07 Å². The van der Waals surface area contributed by atoms with Gasteiger partial charge < -0.3 is 19.7 Å². The molecule has 19 heavy (non-hydrogen) atoms. The SMILES string of the molecule is COCCNCc1c(F)cccc1N(C)CCOC. The van der Waals surface area contributed by atoms with Crippen molar-refractivity contribution in [3.05, 3.63) is 29.6 Å². The average molecular weight is 270 g/mol. The summed E-state index contributed by atoms with van der Waals surface area (Å²) >= 11 is 0. The van der Waals surface area contributed by atoms with Crippen LogP contribution < -0.4 is 10.2 Å². The summed E-state index contributed by atoms with van der Waals surface area (Å²) in [5.41, 5.74) is 1.57. The summed E-state index contributed by atoms with van der Waals surface area (Å²) in [7, 11) is 5.24. The predicted octanol–water partition coefficient (Wildman–Crippen LogP) is 1.64. The normalized spacial score (nSPS) is 10.7. The van der Waals surface area contributed by atoms with E-state index in [-0.39, 0.29) is 5.82 Å². The fourth-order valence-corrected chi connectivity index (χ4v) is 1.82. The molecule has 4 nitrogen and oxygen atoms in total. The Morgan fingerprint density at radius 1 is 1.21 bits per heavy atom. The molecule has 0 saturated carbocycles. The van der Waals surface area contributed by atoms with Gasteiger partial charge in [-0.15, -0.1) is 0 Å². The molecule has 0 radical (unpaired) electrons. The molecule has 0 unspecified atom stereocenters. The highest BCUT2D eigenvalue weighted by molar-refractivity contribution is 5.53. The highest BCUT2D eigenvalue weighted by atomic mass is 19.1. The number of hydrogen-bond acceptors (Lipinski definition) is 4. The fraction of sp³-hybridized carbons (Fsp3) is 0.571. The molecule has 0 aliphatic carbocycles. The Balaban J connectivity index is 2.71. The molecule has 0 saturated heterocycles. The van der Waals surface area contributed by atoms with Crippen LogP contribution in [0.2, 0.25) is 0 Å². The zero-order valence-electron chi connectivity index (χ0n) is 11.9. The van der Waals surface area contributed by atoms with Crippen molar-refractivity contribution in [2.75, 3.05) is 52.5 Å². The first-order chi connectivity index (χ1) is 9.20. The maximum atomic E-state index is 13.9. The number of ether oxygens (including phenoxy) is 2. The first kappa shape index (κ1) is 15.9. The van der Waals surface area contributed by atoms with E-state index in [1.54, 1.807) is 20.3 Å². The van der Waals surface area contributed by atoms with Gasteiger partial charge in [-0.3, -0.25) is 0 Å². The van der Waals surface area contributed by atoms with Gasteiger partial charge in [0.05, 0.1) is 13.2 Å². The number of halogens is 1. The predicted molar refractivity (Wildman–Crippen MR) is 75.1 cm³/mol. The smallest absolute Gasteiger partial charge is 0.129 e. The number of methoxy groups -OCH3 is 2. The number of nitrogens with zero attached hydrogens (tertiary/aromatic N) is 1. The standard InChI is InChI=1S/C14H23FN2O2/c1-17(8-10-19-3)14-6-4-5-13(15)12(14)11-16-7-9-18-2/h4-6,16H,7-11H2,1-3H3. The maximum Gasteiger partial charge on any atom is 0.129 e. The van der Waals surface area contributed by atoms with E-state index in [0.717, 1.165) is 12.2 Å². The van der Waals surface area contributed by atoms with Gasteiger partial charge in [0, 0.05) is 52.2 Å². The molecule has 0 atom stereocenters. The Bertz CT molecular complexity index is 374. The van der Waals surface area contributed by atoms with Crippen LogP contribution in [0.15, 0.2) is 18.2 Å². The molecule has 0 bridgehead atoms. The average Bonchev–Trinajstić information content (AvgIpc) is 2.42. The van der Waals surface area contributed by atoms with Crippen LogP contribution in [0.25, 0.3) is 0 Å². The largest absolute Gasteiger partial charge is 0.383 e. The summed E-state index contributed by atoms with van der Waals surface area (Å²) in [5.74, 6) is -0.188. The van der Waals surface area contributed by atoms with Crippen LogP contribution in [0.1, 0.15) is 5.56 Å². The first-order valence-corrected chi connectivity index (χ1v) is 6.37. The van der Waals surface area contributed by atoms with Crippen LogP contribution in [0.3, 0.4) is 0 Å². The Hall–Kier alpha value is -1.17. The summed E-state index contributed by atoms with van der Waals surface area (Å²) in [4.78, 5) is 2.00. The summed E-state index contributed by atoms with van der Waals surface area (Å²) in [6.45, 7) is 3.15. The zero-order valence-corrected chi connectivity index (χ0v) is 11.9. The van der Waals surface area contributed by atoms with Crippen LogP contribution >= 0.6 is 0 Å². The van der Waals surface area contributed by atoms with E-state index < -0.39 is 0 Å². The molecule has 1 aromatic rings. The number of nitrogens with one attached hydrogen (secondary N) is 1. The molecule has 0 aromatic heterocycles. The van der Waals surface area contributed by atoms with Crippen molar-refractivity contribution in [2.24, 2.45) is 0 Å². The maximum absolute atomic E-state index is 13.9. The van der Waals surface area contributed by atoms with Crippen LogP contribution in [-0.4, -0.2) is 47.6 Å². The summed E-state index contributed by atoms with van der Waals surface area (Å²) in [5, 5.41) is 3.17. The van der Waals surface area contributed by atoms with E-state index in [2.05, 4.69) is 5.32 Å². The monoisotopic (exact) mass is 270 g/mol. The molecule has 1 rings (SSSR count). The summed E-state index contributed by atoms with van der Waals surface area (Å²) < 4.78 is 23.9. The van der Waals surface area contributed by atoms with Crippen molar-refractivity contribution in [1.29, 1.82) is 0 Å².